The van der Waals surface area contributed by atoms with Crippen molar-refractivity contribution in [2.75, 3.05) is 0 Å². The van der Waals surface area contributed by atoms with Gasteiger partial charge in [0.25, 0.3) is 0 Å². The van der Waals surface area contributed by atoms with Crippen LogP contribution in [0.4, 0.5) is 0 Å². The van der Waals surface area contributed by atoms with Crippen LogP contribution in [0.2, 0.25) is 0 Å². The van der Waals surface area contributed by atoms with Gasteiger partial charge in [-0.05, 0) is 0 Å². The fraction of sp³-hybridized carbons (Fsp3) is 0.250. The fourth-order valence-corrected chi connectivity index (χ4v) is 0.633. The van der Waals surface area contributed by atoms with Gasteiger partial charge in [-0.1, -0.05) is 6.92 Å². The summed E-state index contributed by atoms with van der Waals surface area (Å²) in [7, 11) is 0. The van der Waals surface area contributed by atoms with E-state index < -0.39 is 0 Å². The molecular formula is C8H9OY-. The van der Waals surface area contributed by atoms with Crippen molar-refractivity contribution in [1.29, 1.82) is 0 Å². The molecule has 0 atom stereocenters. The number of aryl methyl sites for hydroxylation is 1. The van der Waals surface area contributed by atoms with E-state index in [1.165, 1.54) is 5.56 Å². The standard InChI is InChI=1S/C8H9O.Y/c1-7-2-4-8(6-9)5-3-7;/h2-4,9H,6H2,1H3;/q-1;. The summed E-state index contributed by atoms with van der Waals surface area (Å²) >= 11 is 0. The molecule has 1 rings (SSSR count). The average Bonchev–Trinajstić information content (AvgIpc) is 1.90. The molecule has 51 valence electrons. The zero-order chi connectivity index (χ0) is 6.69. The van der Waals surface area contributed by atoms with Crippen LogP contribution in [0, 0.1) is 13.0 Å². The van der Waals surface area contributed by atoms with Gasteiger partial charge in [0.2, 0.25) is 0 Å². The molecule has 0 unspecified atom stereocenters. The van der Waals surface area contributed by atoms with Gasteiger partial charge in [-0.2, -0.15) is 29.8 Å². The van der Waals surface area contributed by atoms with Gasteiger partial charge < -0.3 is 5.11 Å². The van der Waals surface area contributed by atoms with E-state index in [-0.39, 0.29) is 39.3 Å². The molecule has 0 saturated carbocycles. The largest absolute Gasteiger partial charge is 0.394 e. The Bertz CT molecular complexity index is 181. The van der Waals surface area contributed by atoms with E-state index in [2.05, 4.69) is 6.07 Å². The predicted molar refractivity (Wildman–Crippen MR) is 35.9 cm³/mol. The normalized spacial score (nSPS) is 8.60. The first-order chi connectivity index (χ1) is 4.33. The van der Waals surface area contributed by atoms with Crippen LogP contribution < -0.4 is 0 Å². The summed E-state index contributed by atoms with van der Waals surface area (Å²) in [5.41, 5.74) is 2.02. The predicted octanol–water partition coefficient (Wildman–Crippen LogP) is 1.29. The van der Waals surface area contributed by atoms with Crippen LogP contribution in [0.5, 0.6) is 0 Å². The first kappa shape index (κ1) is 10.3. The van der Waals surface area contributed by atoms with Crippen molar-refractivity contribution < 1.29 is 37.8 Å². The van der Waals surface area contributed by atoms with Crippen LogP contribution in [0.1, 0.15) is 11.1 Å². The minimum Gasteiger partial charge on any atom is -0.394 e. The smallest absolute Gasteiger partial charge is 0.0457 e. The molecular weight excluding hydrogens is 201 g/mol. The maximum absolute atomic E-state index is 8.60. The maximum Gasteiger partial charge on any atom is 0.0457 e. The molecule has 1 radical (unpaired) electrons. The van der Waals surface area contributed by atoms with Gasteiger partial charge in [0.1, 0.15) is 0 Å². The Labute approximate surface area is 86.3 Å². The number of rotatable bonds is 1. The van der Waals surface area contributed by atoms with Crippen LogP contribution in [0.15, 0.2) is 18.2 Å². The minimum absolute atomic E-state index is 0. The monoisotopic (exact) mass is 210 g/mol. The molecule has 0 aromatic heterocycles. The summed E-state index contributed by atoms with van der Waals surface area (Å²) in [6, 6.07) is 8.63. The van der Waals surface area contributed by atoms with Crippen molar-refractivity contribution in [2.24, 2.45) is 0 Å². The van der Waals surface area contributed by atoms with E-state index in [4.69, 9.17) is 5.11 Å². The second-order valence-corrected chi connectivity index (χ2v) is 2.05. The minimum atomic E-state index is 0. The zero-order valence-corrected chi connectivity index (χ0v) is 8.80. The Morgan fingerprint density at radius 2 is 2.20 bits per heavy atom. The molecule has 0 aliphatic carbocycles. The van der Waals surface area contributed by atoms with Gasteiger partial charge in [-0.15, -0.1) is 5.56 Å². The maximum atomic E-state index is 8.60. The fourth-order valence-electron chi connectivity index (χ4n) is 0.633. The van der Waals surface area contributed by atoms with Crippen LogP contribution in [0.25, 0.3) is 0 Å². The molecule has 1 N–H and O–H groups in total. The van der Waals surface area contributed by atoms with Gasteiger partial charge in [0.05, 0.1) is 0 Å². The van der Waals surface area contributed by atoms with E-state index >= 15 is 0 Å². The van der Waals surface area contributed by atoms with E-state index in [1.807, 2.05) is 25.1 Å². The number of hydrogen-bond donors (Lipinski definition) is 1. The second-order valence-electron chi connectivity index (χ2n) is 2.05. The van der Waals surface area contributed by atoms with Gasteiger partial charge in [-0.25, -0.2) is 0 Å². The Morgan fingerprint density at radius 3 is 2.60 bits per heavy atom. The second kappa shape index (κ2) is 5.00. The van der Waals surface area contributed by atoms with E-state index in [1.54, 1.807) is 0 Å². The Morgan fingerprint density at radius 1 is 1.50 bits per heavy atom. The number of aliphatic hydroxyl groups excluding tert-OH is 1. The zero-order valence-electron chi connectivity index (χ0n) is 5.96. The summed E-state index contributed by atoms with van der Waals surface area (Å²) in [5, 5.41) is 8.60. The Balaban J connectivity index is 0.000000810. The average molecular weight is 210 g/mol. The van der Waals surface area contributed by atoms with Gasteiger partial charge in [-0.3, -0.25) is 0 Å². The van der Waals surface area contributed by atoms with Crippen LogP contribution in [-0.4, -0.2) is 5.11 Å². The summed E-state index contributed by atoms with van der Waals surface area (Å²) in [5.74, 6) is 0. The van der Waals surface area contributed by atoms with E-state index in [0.29, 0.717) is 0 Å². The number of aliphatic hydroxyl groups is 1. The Kier molecular flexibility index (Phi) is 5.15. The molecule has 0 heterocycles. The van der Waals surface area contributed by atoms with Gasteiger partial charge >= 0.3 is 0 Å². The van der Waals surface area contributed by atoms with Gasteiger partial charge in [0, 0.05) is 39.3 Å². The molecule has 1 nitrogen and oxygen atoms in total. The summed E-state index contributed by atoms with van der Waals surface area (Å²) < 4.78 is 0. The van der Waals surface area contributed by atoms with Crippen molar-refractivity contribution in [1.82, 2.24) is 0 Å². The molecule has 1 aromatic rings. The van der Waals surface area contributed by atoms with Crippen molar-refractivity contribution >= 4 is 0 Å². The molecule has 0 fully saturated rings. The molecule has 10 heavy (non-hydrogen) atoms. The molecule has 0 bridgehead atoms. The molecule has 0 amide bonds. The first-order valence-electron chi connectivity index (χ1n) is 2.91. The van der Waals surface area contributed by atoms with E-state index in [0.717, 1.165) is 5.56 Å². The first-order valence-corrected chi connectivity index (χ1v) is 2.91. The molecule has 0 spiro atoms. The topological polar surface area (TPSA) is 20.2 Å². The van der Waals surface area contributed by atoms with Crippen molar-refractivity contribution in [3.05, 3.63) is 35.4 Å². The quantitative estimate of drug-likeness (QED) is 0.692. The summed E-state index contributed by atoms with van der Waals surface area (Å²) in [4.78, 5) is 0. The third kappa shape index (κ3) is 2.91. The SMILES string of the molecule is Cc1c[c-]c(CO)cc1.[Y]. The van der Waals surface area contributed by atoms with Crippen LogP contribution >= 0.6 is 0 Å². The van der Waals surface area contributed by atoms with Crippen LogP contribution in [0.3, 0.4) is 0 Å². The van der Waals surface area contributed by atoms with Crippen molar-refractivity contribution in [2.45, 2.75) is 13.5 Å². The Hall–Kier alpha value is 0.284. The summed E-state index contributed by atoms with van der Waals surface area (Å²) in [6.07, 6.45) is 0. The number of benzene rings is 1. The third-order valence-electron chi connectivity index (χ3n) is 1.20. The van der Waals surface area contributed by atoms with Crippen LogP contribution in [-0.2, 0) is 39.3 Å². The summed E-state index contributed by atoms with van der Waals surface area (Å²) in [6.45, 7) is 2.08. The molecule has 0 saturated heterocycles. The molecule has 2 heteroatoms. The third-order valence-corrected chi connectivity index (χ3v) is 1.20. The number of hydrogen-bond acceptors (Lipinski definition) is 1. The van der Waals surface area contributed by atoms with Crippen molar-refractivity contribution in [3.8, 4) is 0 Å². The van der Waals surface area contributed by atoms with Gasteiger partial charge in [0.15, 0.2) is 0 Å². The molecule has 1 aromatic carbocycles. The molecule has 0 aliphatic heterocycles. The van der Waals surface area contributed by atoms with E-state index in [9.17, 15) is 0 Å². The van der Waals surface area contributed by atoms with Crippen molar-refractivity contribution in [3.63, 3.8) is 0 Å². The molecule has 0 aliphatic rings.